The van der Waals surface area contributed by atoms with Crippen LogP contribution in [0.15, 0.2) is 29.6 Å². The summed E-state index contributed by atoms with van der Waals surface area (Å²) in [4.78, 5) is 75.2. The summed E-state index contributed by atoms with van der Waals surface area (Å²) in [6, 6.07) is 7.24. The van der Waals surface area contributed by atoms with Gasteiger partial charge in [-0.15, -0.1) is 11.3 Å². The van der Waals surface area contributed by atoms with E-state index in [0.29, 0.717) is 24.3 Å². The van der Waals surface area contributed by atoms with Crippen LogP contribution in [0.4, 0.5) is 0 Å². The monoisotopic (exact) mass is 766 g/mol. The van der Waals surface area contributed by atoms with E-state index in [0.717, 1.165) is 62.7 Å². The predicted octanol–water partition coefficient (Wildman–Crippen LogP) is 6.72. The van der Waals surface area contributed by atoms with Gasteiger partial charge in [0.25, 0.3) is 5.91 Å². The van der Waals surface area contributed by atoms with Crippen LogP contribution in [0, 0.1) is 30.6 Å². The molecule has 1 aliphatic carbocycles. The summed E-state index contributed by atoms with van der Waals surface area (Å²) in [5.41, 5.74) is 2.34. The summed E-state index contributed by atoms with van der Waals surface area (Å²) in [6.07, 6.45) is 6.58. The number of Topliss-reactive ketones (excluding diaryl/α,β-unsaturated/α-hetero) is 1. The topological polar surface area (TPSA) is 135 Å². The van der Waals surface area contributed by atoms with E-state index in [-0.39, 0.29) is 65.7 Å². The standard InChI is InChI=1S/C42H62N4O7S/c1-9-46-20-11-10-15-35(46)37(48)23-33(31-13-12-14-31)41(50)45(7)36(26(2)3)24-38(53-29(6)47)40-44-34(25-54-40)39(49)43-32(21-28(5)42(51)52-8)22-30-18-16-27(4)17-19-30/h16-19,25-26,28,31-33,35-36,38H,9-15,20-24H2,1-8H3,(H,43,49)/t28-,32+,33-,35+,36+,38+/m0/s1. The van der Waals surface area contributed by atoms with Gasteiger partial charge in [0.05, 0.1) is 19.1 Å². The van der Waals surface area contributed by atoms with Crippen LogP contribution in [-0.4, -0.2) is 89.7 Å². The molecule has 2 amide bonds. The Morgan fingerprint density at radius 2 is 1.72 bits per heavy atom. The molecule has 1 aliphatic heterocycles. The zero-order valence-electron chi connectivity index (χ0n) is 33.6. The molecule has 1 aromatic carbocycles. The molecule has 2 aliphatic rings. The predicted molar refractivity (Wildman–Crippen MR) is 210 cm³/mol. The molecule has 0 bridgehead atoms. The van der Waals surface area contributed by atoms with Crippen molar-refractivity contribution in [3.63, 3.8) is 0 Å². The zero-order valence-corrected chi connectivity index (χ0v) is 34.4. The highest BCUT2D eigenvalue weighted by atomic mass is 32.1. The highest BCUT2D eigenvalue weighted by molar-refractivity contribution is 7.09. The molecule has 2 aromatic rings. The van der Waals surface area contributed by atoms with Gasteiger partial charge in [0.15, 0.2) is 11.9 Å². The molecule has 54 heavy (non-hydrogen) atoms. The number of ketones is 1. The average molecular weight is 767 g/mol. The summed E-state index contributed by atoms with van der Waals surface area (Å²) in [5.74, 6) is -1.72. The van der Waals surface area contributed by atoms with Crippen molar-refractivity contribution in [2.24, 2.45) is 23.7 Å². The molecule has 12 heteroatoms. The lowest BCUT2D eigenvalue weighted by Crippen LogP contribution is -2.49. The quantitative estimate of drug-likeness (QED) is 0.155. The minimum atomic E-state index is -0.788. The molecule has 1 saturated heterocycles. The first kappa shape index (κ1) is 43.1. The van der Waals surface area contributed by atoms with E-state index >= 15 is 0 Å². The van der Waals surface area contributed by atoms with Crippen molar-refractivity contribution in [3.8, 4) is 0 Å². The molecule has 1 aromatic heterocycles. The SMILES string of the molecule is CCN1CCCC[C@@H]1C(=O)C[C@H](C(=O)N(C)[C@H](C[C@@H](OC(C)=O)c1nc(C(=O)N[C@@H](Cc2ccc(C)cc2)C[C@H](C)C(=O)OC)cs1)C(C)C)C1CCC1. The van der Waals surface area contributed by atoms with Gasteiger partial charge in [-0.05, 0) is 75.9 Å². The van der Waals surface area contributed by atoms with Gasteiger partial charge in [-0.3, -0.25) is 28.9 Å². The lowest BCUT2D eigenvalue weighted by molar-refractivity contribution is -0.150. The number of nitrogens with one attached hydrogen (secondary N) is 1. The summed E-state index contributed by atoms with van der Waals surface area (Å²) in [7, 11) is 3.16. The van der Waals surface area contributed by atoms with Crippen molar-refractivity contribution in [2.75, 3.05) is 27.2 Å². The number of rotatable bonds is 19. The number of aryl methyl sites for hydroxylation is 1. The van der Waals surface area contributed by atoms with Crippen LogP contribution in [0.25, 0.3) is 0 Å². The minimum absolute atomic E-state index is 0.00532. The van der Waals surface area contributed by atoms with Gasteiger partial charge in [-0.2, -0.15) is 0 Å². The molecular formula is C42H62N4O7S. The lowest BCUT2D eigenvalue weighted by atomic mass is 9.72. The zero-order chi connectivity index (χ0) is 39.5. The Labute approximate surface area is 325 Å². The second-order valence-electron chi connectivity index (χ2n) is 15.8. The fraction of sp³-hybridized carbons (Fsp3) is 0.667. The molecule has 11 nitrogen and oxygen atoms in total. The van der Waals surface area contributed by atoms with Crippen LogP contribution in [-0.2, 0) is 35.1 Å². The number of methoxy groups -OCH3 is 1. The van der Waals surface area contributed by atoms with Gasteiger partial charge in [0.2, 0.25) is 5.91 Å². The van der Waals surface area contributed by atoms with Crippen molar-refractivity contribution in [3.05, 3.63) is 51.5 Å². The van der Waals surface area contributed by atoms with Gasteiger partial charge in [-0.25, -0.2) is 4.98 Å². The molecule has 1 N–H and O–H groups in total. The van der Waals surface area contributed by atoms with Crippen LogP contribution >= 0.6 is 11.3 Å². The number of nitrogens with zero attached hydrogens (tertiary/aromatic N) is 3. The number of hydrogen-bond acceptors (Lipinski definition) is 10. The van der Waals surface area contributed by atoms with E-state index < -0.39 is 23.9 Å². The molecule has 298 valence electrons. The number of esters is 2. The number of aromatic nitrogens is 1. The third kappa shape index (κ3) is 11.7. The third-order valence-electron chi connectivity index (χ3n) is 11.4. The smallest absolute Gasteiger partial charge is 0.308 e. The van der Waals surface area contributed by atoms with Crippen molar-refractivity contribution in [1.29, 1.82) is 0 Å². The highest BCUT2D eigenvalue weighted by Crippen LogP contribution is 2.39. The first-order valence-electron chi connectivity index (χ1n) is 19.8. The van der Waals surface area contributed by atoms with Gasteiger partial charge in [0, 0.05) is 50.2 Å². The Balaban J connectivity index is 1.51. The third-order valence-corrected chi connectivity index (χ3v) is 12.4. The van der Waals surface area contributed by atoms with Crippen LogP contribution in [0.3, 0.4) is 0 Å². The molecule has 0 unspecified atom stereocenters. The summed E-state index contributed by atoms with van der Waals surface area (Å²) in [6.45, 7) is 13.0. The Hall–Kier alpha value is -3.64. The average Bonchev–Trinajstić information content (AvgIpc) is 3.62. The van der Waals surface area contributed by atoms with Gasteiger partial charge >= 0.3 is 11.9 Å². The number of likely N-dealkylation sites (N-methyl/N-ethyl adjacent to an activating group) is 1. The Kier molecular flexibility index (Phi) is 16.2. The number of likely N-dealkylation sites (tertiary alicyclic amines) is 1. The number of ether oxygens (including phenoxy) is 2. The first-order chi connectivity index (χ1) is 25.7. The first-order valence-corrected chi connectivity index (χ1v) is 20.7. The maximum absolute atomic E-state index is 14.4. The molecule has 6 atom stereocenters. The fourth-order valence-corrected chi connectivity index (χ4v) is 8.87. The maximum Gasteiger partial charge on any atom is 0.308 e. The van der Waals surface area contributed by atoms with E-state index in [4.69, 9.17) is 9.47 Å². The number of carbonyl (C=O) groups excluding carboxylic acids is 5. The van der Waals surface area contributed by atoms with Crippen LogP contribution < -0.4 is 5.32 Å². The van der Waals surface area contributed by atoms with Crippen LogP contribution in [0.1, 0.15) is 125 Å². The lowest BCUT2D eigenvalue weighted by Gasteiger charge is -2.40. The van der Waals surface area contributed by atoms with E-state index in [1.54, 1.807) is 24.3 Å². The van der Waals surface area contributed by atoms with E-state index in [9.17, 15) is 24.0 Å². The Morgan fingerprint density at radius 1 is 1.02 bits per heavy atom. The molecular weight excluding hydrogens is 705 g/mol. The largest absolute Gasteiger partial charge is 0.469 e. The number of carbonyl (C=O) groups is 5. The summed E-state index contributed by atoms with van der Waals surface area (Å²) >= 11 is 1.23. The minimum Gasteiger partial charge on any atom is -0.469 e. The Bertz CT molecular complexity index is 1570. The molecule has 4 rings (SSSR count). The number of hydrogen-bond donors (Lipinski definition) is 1. The normalized spacial score (nSPS) is 19.2. The van der Waals surface area contributed by atoms with Crippen molar-refractivity contribution in [1.82, 2.24) is 20.1 Å². The fourth-order valence-electron chi connectivity index (χ4n) is 8.03. The van der Waals surface area contributed by atoms with Crippen molar-refractivity contribution in [2.45, 2.75) is 130 Å². The van der Waals surface area contributed by atoms with Crippen molar-refractivity contribution >= 4 is 40.9 Å². The molecule has 1 saturated carbocycles. The number of thiazole rings is 1. The number of amides is 2. The highest BCUT2D eigenvalue weighted by Gasteiger charge is 2.41. The summed E-state index contributed by atoms with van der Waals surface area (Å²) in [5, 5.41) is 5.19. The van der Waals surface area contributed by atoms with Crippen molar-refractivity contribution < 1.29 is 33.4 Å². The van der Waals surface area contributed by atoms with E-state index in [1.807, 2.05) is 45.0 Å². The van der Waals surface area contributed by atoms with Crippen LogP contribution in [0.2, 0.25) is 0 Å². The number of piperidine rings is 1. The van der Waals surface area contributed by atoms with Gasteiger partial charge in [-0.1, -0.05) is 70.4 Å². The maximum atomic E-state index is 14.4. The summed E-state index contributed by atoms with van der Waals surface area (Å²) < 4.78 is 10.8. The second-order valence-corrected chi connectivity index (χ2v) is 16.7. The molecule has 2 fully saturated rings. The second kappa shape index (κ2) is 20.3. The van der Waals surface area contributed by atoms with Gasteiger partial charge in [0.1, 0.15) is 10.7 Å². The van der Waals surface area contributed by atoms with Gasteiger partial charge < -0.3 is 19.7 Å². The molecule has 0 spiro atoms. The number of benzene rings is 1. The molecule has 0 radical (unpaired) electrons. The van der Waals surface area contributed by atoms with E-state index in [2.05, 4.69) is 22.1 Å². The molecule has 2 heterocycles. The van der Waals surface area contributed by atoms with Crippen LogP contribution in [0.5, 0.6) is 0 Å². The van der Waals surface area contributed by atoms with E-state index in [1.165, 1.54) is 25.4 Å². The Morgan fingerprint density at radius 3 is 2.31 bits per heavy atom.